The van der Waals surface area contributed by atoms with E-state index in [9.17, 15) is 13.6 Å². The molecule has 0 atom stereocenters. The molecule has 0 radical (unpaired) electrons. The van der Waals surface area contributed by atoms with Gasteiger partial charge in [0.1, 0.15) is 0 Å². The summed E-state index contributed by atoms with van der Waals surface area (Å²) in [5, 5.41) is 1.07. The highest BCUT2D eigenvalue weighted by Gasteiger charge is 2.45. The van der Waals surface area contributed by atoms with Gasteiger partial charge in [0.15, 0.2) is 0 Å². The lowest BCUT2D eigenvalue weighted by Gasteiger charge is -2.34. The van der Waals surface area contributed by atoms with Gasteiger partial charge in [0.05, 0.1) is 7.11 Å². The second kappa shape index (κ2) is 3.57. The molecule has 1 rings (SSSR count). The monoisotopic (exact) mass is 193 g/mol. The van der Waals surface area contributed by atoms with E-state index in [0.717, 1.165) is 5.06 Å². The van der Waals surface area contributed by atoms with E-state index in [0.29, 0.717) is 0 Å². The third-order valence-corrected chi connectivity index (χ3v) is 2.26. The Labute approximate surface area is 75.6 Å². The SMILES string of the molecule is CON(C)C(=O)CC1CC(F)(F)C1. The minimum atomic E-state index is -2.55. The summed E-state index contributed by atoms with van der Waals surface area (Å²) in [6.07, 6.45) is -0.188. The molecule has 0 aliphatic heterocycles. The molecule has 13 heavy (non-hydrogen) atoms. The number of amides is 1. The van der Waals surface area contributed by atoms with Crippen LogP contribution in [0, 0.1) is 5.92 Å². The van der Waals surface area contributed by atoms with Crippen molar-refractivity contribution in [2.75, 3.05) is 14.2 Å². The van der Waals surface area contributed by atoms with Crippen molar-refractivity contribution in [3.63, 3.8) is 0 Å². The summed E-state index contributed by atoms with van der Waals surface area (Å²) in [7, 11) is 2.84. The molecule has 1 aliphatic carbocycles. The van der Waals surface area contributed by atoms with Crippen LogP contribution in [0.4, 0.5) is 8.78 Å². The molecule has 0 aromatic rings. The van der Waals surface area contributed by atoms with E-state index in [1.165, 1.54) is 14.2 Å². The highest BCUT2D eigenvalue weighted by atomic mass is 19.3. The minimum absolute atomic E-state index is 0.153. The van der Waals surface area contributed by atoms with Crippen molar-refractivity contribution < 1.29 is 18.4 Å². The molecular weight excluding hydrogens is 180 g/mol. The van der Waals surface area contributed by atoms with Gasteiger partial charge in [-0.3, -0.25) is 9.63 Å². The van der Waals surface area contributed by atoms with Crippen LogP contribution in [0.5, 0.6) is 0 Å². The van der Waals surface area contributed by atoms with Crippen LogP contribution in [0.25, 0.3) is 0 Å². The predicted octanol–water partition coefficient (Wildman–Crippen LogP) is 1.44. The summed E-state index contributed by atoms with van der Waals surface area (Å²) in [6.45, 7) is 0. The molecule has 1 aliphatic rings. The molecule has 0 saturated heterocycles. The molecule has 1 fully saturated rings. The van der Waals surface area contributed by atoms with Gasteiger partial charge in [0.2, 0.25) is 11.8 Å². The lowest BCUT2D eigenvalue weighted by Crippen LogP contribution is -2.39. The average molecular weight is 193 g/mol. The first-order valence-corrected chi connectivity index (χ1v) is 4.13. The fourth-order valence-corrected chi connectivity index (χ4v) is 1.41. The first kappa shape index (κ1) is 10.4. The van der Waals surface area contributed by atoms with Crippen LogP contribution in [-0.2, 0) is 9.63 Å². The zero-order valence-electron chi connectivity index (χ0n) is 7.72. The Kier molecular flexibility index (Phi) is 2.85. The Balaban J connectivity index is 2.24. The molecule has 0 N–H and O–H groups in total. The molecule has 0 aromatic carbocycles. The lowest BCUT2D eigenvalue weighted by atomic mass is 9.79. The molecule has 0 heterocycles. The zero-order valence-corrected chi connectivity index (χ0v) is 7.72. The summed E-state index contributed by atoms with van der Waals surface area (Å²) in [4.78, 5) is 15.8. The Morgan fingerprint density at radius 2 is 2.15 bits per heavy atom. The molecule has 3 nitrogen and oxygen atoms in total. The van der Waals surface area contributed by atoms with Crippen LogP contribution in [0.15, 0.2) is 0 Å². The smallest absolute Gasteiger partial charge is 0.248 e. The Morgan fingerprint density at radius 3 is 2.54 bits per heavy atom. The maximum absolute atomic E-state index is 12.4. The summed E-state index contributed by atoms with van der Waals surface area (Å²) < 4.78 is 24.7. The largest absolute Gasteiger partial charge is 0.275 e. The van der Waals surface area contributed by atoms with Gasteiger partial charge < -0.3 is 0 Å². The average Bonchev–Trinajstić information content (AvgIpc) is 1.99. The maximum atomic E-state index is 12.4. The summed E-state index contributed by atoms with van der Waals surface area (Å²) >= 11 is 0. The molecule has 5 heteroatoms. The normalized spacial score (nSPS) is 20.9. The predicted molar refractivity (Wildman–Crippen MR) is 42.1 cm³/mol. The fraction of sp³-hybridized carbons (Fsp3) is 0.875. The van der Waals surface area contributed by atoms with E-state index < -0.39 is 5.92 Å². The molecule has 76 valence electrons. The molecule has 0 unspecified atom stereocenters. The van der Waals surface area contributed by atoms with Crippen molar-refractivity contribution in [1.82, 2.24) is 5.06 Å². The van der Waals surface area contributed by atoms with Crippen molar-refractivity contribution in [3.8, 4) is 0 Å². The van der Waals surface area contributed by atoms with Crippen LogP contribution in [0.3, 0.4) is 0 Å². The van der Waals surface area contributed by atoms with Crippen molar-refractivity contribution in [2.24, 2.45) is 5.92 Å². The van der Waals surface area contributed by atoms with Gasteiger partial charge >= 0.3 is 0 Å². The van der Waals surface area contributed by atoms with Gasteiger partial charge in [-0.15, -0.1) is 0 Å². The summed E-state index contributed by atoms with van der Waals surface area (Å²) in [6, 6.07) is 0. The maximum Gasteiger partial charge on any atom is 0.248 e. The van der Waals surface area contributed by atoms with Crippen LogP contribution in [0.2, 0.25) is 0 Å². The molecule has 1 amide bonds. The summed E-state index contributed by atoms with van der Waals surface area (Å²) in [5.41, 5.74) is 0. The van der Waals surface area contributed by atoms with Gasteiger partial charge in [-0.25, -0.2) is 13.8 Å². The number of carbonyl (C=O) groups is 1. The first-order valence-electron chi connectivity index (χ1n) is 4.13. The Hall–Kier alpha value is -0.710. The number of carbonyl (C=O) groups excluding carboxylic acids is 1. The zero-order chi connectivity index (χ0) is 10.1. The van der Waals surface area contributed by atoms with Gasteiger partial charge in [0, 0.05) is 26.3 Å². The van der Waals surface area contributed by atoms with Crippen LogP contribution < -0.4 is 0 Å². The van der Waals surface area contributed by atoms with Gasteiger partial charge in [-0.2, -0.15) is 0 Å². The summed E-state index contributed by atoms with van der Waals surface area (Å²) in [5.74, 6) is -2.97. The second-order valence-corrected chi connectivity index (χ2v) is 3.41. The van der Waals surface area contributed by atoms with Crippen molar-refractivity contribution >= 4 is 5.91 Å². The Bertz CT molecular complexity index is 200. The van der Waals surface area contributed by atoms with Crippen LogP contribution in [0.1, 0.15) is 19.3 Å². The first-order chi connectivity index (χ1) is 5.94. The van der Waals surface area contributed by atoms with E-state index in [4.69, 9.17) is 0 Å². The number of alkyl halides is 2. The van der Waals surface area contributed by atoms with Gasteiger partial charge in [0.25, 0.3) is 0 Å². The van der Waals surface area contributed by atoms with E-state index >= 15 is 0 Å². The molecule has 0 aromatic heterocycles. The Morgan fingerprint density at radius 1 is 1.62 bits per heavy atom. The quantitative estimate of drug-likeness (QED) is 0.635. The molecule has 0 spiro atoms. The van der Waals surface area contributed by atoms with E-state index in [-0.39, 0.29) is 31.1 Å². The van der Waals surface area contributed by atoms with Gasteiger partial charge in [-0.05, 0) is 5.92 Å². The third kappa shape index (κ3) is 2.62. The number of hydrogen-bond donors (Lipinski definition) is 0. The van der Waals surface area contributed by atoms with Crippen LogP contribution in [-0.4, -0.2) is 31.1 Å². The van der Waals surface area contributed by atoms with Gasteiger partial charge in [-0.1, -0.05) is 0 Å². The topological polar surface area (TPSA) is 29.5 Å². The third-order valence-electron chi connectivity index (χ3n) is 2.26. The minimum Gasteiger partial charge on any atom is -0.275 e. The number of nitrogens with zero attached hydrogens (tertiary/aromatic N) is 1. The van der Waals surface area contributed by atoms with E-state index in [2.05, 4.69) is 4.84 Å². The number of halogens is 2. The highest BCUT2D eigenvalue weighted by molar-refractivity contribution is 5.75. The van der Waals surface area contributed by atoms with E-state index in [1.807, 2.05) is 0 Å². The number of rotatable bonds is 3. The lowest BCUT2D eigenvalue weighted by molar-refractivity contribution is -0.175. The molecular formula is C8H13F2NO2. The van der Waals surface area contributed by atoms with Crippen molar-refractivity contribution in [2.45, 2.75) is 25.2 Å². The molecule has 0 bridgehead atoms. The molecule has 1 saturated carbocycles. The second-order valence-electron chi connectivity index (χ2n) is 3.41. The number of hydroxylamine groups is 2. The van der Waals surface area contributed by atoms with Crippen molar-refractivity contribution in [3.05, 3.63) is 0 Å². The highest BCUT2D eigenvalue weighted by Crippen LogP contribution is 2.44. The van der Waals surface area contributed by atoms with Crippen LogP contribution >= 0.6 is 0 Å². The van der Waals surface area contributed by atoms with Crippen molar-refractivity contribution in [1.29, 1.82) is 0 Å². The fourth-order valence-electron chi connectivity index (χ4n) is 1.41. The van der Waals surface area contributed by atoms with E-state index in [1.54, 1.807) is 0 Å². The standard InChI is InChI=1S/C8H13F2NO2/c1-11(13-2)7(12)3-6-4-8(9,10)5-6/h6H,3-5H2,1-2H3. The number of hydrogen-bond acceptors (Lipinski definition) is 2.